The van der Waals surface area contributed by atoms with Crippen LogP contribution >= 0.6 is 12.6 Å². The van der Waals surface area contributed by atoms with Crippen LogP contribution in [0, 0.1) is 0 Å². The lowest BCUT2D eigenvalue weighted by molar-refractivity contribution is 0.968. The summed E-state index contributed by atoms with van der Waals surface area (Å²) in [5.74, 6) is 0.363. The van der Waals surface area contributed by atoms with Gasteiger partial charge >= 0.3 is 0 Å². The van der Waals surface area contributed by atoms with Crippen LogP contribution in [-0.2, 0) is 6.42 Å². The summed E-state index contributed by atoms with van der Waals surface area (Å²) in [4.78, 5) is 0. The van der Waals surface area contributed by atoms with Crippen LogP contribution in [0.5, 0.6) is 0 Å². The van der Waals surface area contributed by atoms with Crippen LogP contribution in [0.25, 0.3) is 27.8 Å². The minimum absolute atomic E-state index is 0.363. The Labute approximate surface area is 246 Å². The lowest BCUT2D eigenvalue weighted by Gasteiger charge is -2.18. The zero-order chi connectivity index (χ0) is 28.2. The van der Waals surface area contributed by atoms with Crippen molar-refractivity contribution in [3.63, 3.8) is 0 Å². The number of fused-ring (bicyclic) bond motifs is 3. The van der Waals surface area contributed by atoms with Gasteiger partial charge in [0, 0.05) is 0 Å². The van der Waals surface area contributed by atoms with E-state index < -0.39 is 0 Å². The lowest BCUT2D eigenvalue weighted by atomic mass is 9.86. The predicted molar refractivity (Wildman–Crippen MR) is 181 cm³/mol. The number of hydrogen-bond donors (Lipinski definition) is 1. The van der Waals surface area contributed by atoms with Gasteiger partial charge in [-0.3, -0.25) is 0 Å². The number of thiol groups is 1. The fourth-order valence-corrected chi connectivity index (χ4v) is 5.09. The van der Waals surface area contributed by atoms with E-state index in [1.807, 2.05) is 23.6 Å². The van der Waals surface area contributed by atoms with Gasteiger partial charge in [-0.1, -0.05) is 147 Å². The van der Waals surface area contributed by atoms with Crippen LogP contribution in [0.2, 0.25) is 0 Å². The Morgan fingerprint density at radius 1 is 0.900 bits per heavy atom. The van der Waals surface area contributed by atoms with Crippen molar-refractivity contribution in [2.24, 2.45) is 0 Å². The number of allylic oxidation sites excluding steroid dienone is 14. The molecule has 3 aromatic carbocycles. The largest absolute Gasteiger partial charge is 0.151 e. The Morgan fingerprint density at radius 3 is 2.60 bits per heavy atom. The van der Waals surface area contributed by atoms with Crippen LogP contribution in [0.4, 0.5) is 0 Å². The summed E-state index contributed by atoms with van der Waals surface area (Å²) in [6.07, 6.45) is 26.8. The third-order valence-corrected chi connectivity index (χ3v) is 7.48. The van der Waals surface area contributed by atoms with E-state index in [4.69, 9.17) is 0 Å². The van der Waals surface area contributed by atoms with Crippen molar-refractivity contribution in [3.8, 4) is 22.3 Å². The van der Waals surface area contributed by atoms with Gasteiger partial charge in [-0.25, -0.2) is 0 Å². The maximum absolute atomic E-state index is 4.38. The highest BCUT2D eigenvalue weighted by Crippen LogP contribution is 2.36. The second-order valence-corrected chi connectivity index (χ2v) is 10.3. The SMILES string of the molecule is C=C/C=C\C=C/CC(/C=C\C=C(/C)c1cccc(-c2ccc3c(c2)C/C=C\C=C/C(C)c2ccccc2-3)c1)=C\S. The molecule has 0 saturated carbocycles. The molecule has 4 rings (SSSR count). The lowest BCUT2D eigenvalue weighted by Crippen LogP contribution is -1.98. The van der Waals surface area contributed by atoms with Gasteiger partial charge in [-0.2, -0.15) is 12.6 Å². The standard InChI is InChI=1S/C39H38S/c1-4-5-6-7-10-18-32(29-40)19-14-17-30(2)33-21-15-22-34(27-33)35-25-26-38-36(28-35)20-11-8-9-16-31(3)37-23-12-13-24-39(37)38/h4-17,19,21-29,31,40H,1,18,20H2,2-3H3/b6-5-,10-7-,11-8-,16-9-,19-14-,30-17+,32-29+. The molecule has 3 aromatic rings. The molecule has 200 valence electrons. The first-order chi connectivity index (χ1) is 19.6. The first-order valence-corrected chi connectivity index (χ1v) is 14.4. The summed E-state index contributed by atoms with van der Waals surface area (Å²) in [6, 6.07) is 24.6. The molecule has 0 radical (unpaired) electrons. The molecule has 1 unspecified atom stereocenters. The molecular weight excluding hydrogens is 500 g/mol. The zero-order valence-corrected chi connectivity index (χ0v) is 24.4. The van der Waals surface area contributed by atoms with Crippen LogP contribution in [0.15, 0.2) is 157 Å². The van der Waals surface area contributed by atoms with Crippen molar-refractivity contribution in [2.45, 2.75) is 32.6 Å². The summed E-state index contributed by atoms with van der Waals surface area (Å²) < 4.78 is 0. The maximum atomic E-state index is 4.38. The Bertz CT molecular complexity index is 1530. The molecule has 1 aliphatic carbocycles. The van der Waals surface area contributed by atoms with Gasteiger partial charge in [-0.15, -0.1) is 0 Å². The highest BCUT2D eigenvalue weighted by Gasteiger charge is 2.14. The minimum Gasteiger partial charge on any atom is -0.151 e. The van der Waals surface area contributed by atoms with Crippen molar-refractivity contribution >= 4 is 18.2 Å². The number of benzene rings is 3. The van der Waals surface area contributed by atoms with Crippen molar-refractivity contribution in [3.05, 3.63) is 174 Å². The third kappa shape index (κ3) is 7.74. The Hall–Kier alpha value is -4.07. The van der Waals surface area contributed by atoms with E-state index in [2.05, 4.69) is 148 Å². The molecule has 0 saturated heterocycles. The molecule has 0 nitrogen and oxygen atoms in total. The molecule has 1 atom stereocenters. The second kappa shape index (κ2) is 14.9. The maximum Gasteiger partial charge on any atom is -0.000117 e. The van der Waals surface area contributed by atoms with Gasteiger partial charge in [0.2, 0.25) is 0 Å². The van der Waals surface area contributed by atoms with Crippen molar-refractivity contribution in [2.75, 3.05) is 0 Å². The van der Waals surface area contributed by atoms with Gasteiger partial charge in [0.15, 0.2) is 0 Å². The van der Waals surface area contributed by atoms with Gasteiger partial charge in [0.1, 0.15) is 0 Å². The molecule has 0 amide bonds. The summed E-state index contributed by atoms with van der Waals surface area (Å²) >= 11 is 4.38. The quantitative estimate of drug-likeness (QED) is 0.214. The van der Waals surface area contributed by atoms with Gasteiger partial charge in [0.25, 0.3) is 0 Å². The van der Waals surface area contributed by atoms with E-state index in [0.717, 1.165) is 18.4 Å². The Kier molecular flexibility index (Phi) is 10.8. The Balaban J connectivity index is 1.58. The zero-order valence-electron chi connectivity index (χ0n) is 23.5. The monoisotopic (exact) mass is 538 g/mol. The van der Waals surface area contributed by atoms with Crippen molar-refractivity contribution in [1.29, 1.82) is 0 Å². The first kappa shape index (κ1) is 28.9. The summed E-state index contributed by atoms with van der Waals surface area (Å²) in [5.41, 5.74) is 11.4. The predicted octanol–water partition coefficient (Wildman–Crippen LogP) is 11.3. The number of hydrogen-bond acceptors (Lipinski definition) is 1. The topological polar surface area (TPSA) is 0 Å². The summed E-state index contributed by atoms with van der Waals surface area (Å²) in [6.45, 7) is 8.12. The molecular formula is C39H38S. The summed E-state index contributed by atoms with van der Waals surface area (Å²) in [5, 5.41) is 1.86. The minimum atomic E-state index is 0.363. The average Bonchev–Trinajstić information content (AvgIpc) is 2.99. The fourth-order valence-electron chi connectivity index (χ4n) is 4.90. The van der Waals surface area contributed by atoms with Crippen molar-refractivity contribution < 1.29 is 0 Å². The smallest absolute Gasteiger partial charge is 0.000117 e. The van der Waals surface area contributed by atoms with E-state index in [9.17, 15) is 0 Å². The second-order valence-electron chi connectivity index (χ2n) is 10.0. The van der Waals surface area contributed by atoms with Gasteiger partial charge in [-0.05, 0) is 87.2 Å². The van der Waals surface area contributed by atoms with Crippen LogP contribution in [0.1, 0.15) is 42.9 Å². The van der Waals surface area contributed by atoms with Gasteiger partial charge < -0.3 is 0 Å². The van der Waals surface area contributed by atoms with E-state index in [0.29, 0.717) is 5.92 Å². The molecule has 0 fully saturated rings. The molecule has 0 heterocycles. The normalized spacial score (nSPS) is 17.6. The van der Waals surface area contributed by atoms with Crippen LogP contribution in [-0.4, -0.2) is 0 Å². The summed E-state index contributed by atoms with van der Waals surface area (Å²) in [7, 11) is 0. The molecule has 0 N–H and O–H groups in total. The average molecular weight is 539 g/mol. The molecule has 0 aliphatic heterocycles. The van der Waals surface area contributed by atoms with E-state index >= 15 is 0 Å². The molecule has 0 bridgehead atoms. The molecule has 0 aromatic heterocycles. The van der Waals surface area contributed by atoms with Crippen LogP contribution < -0.4 is 0 Å². The molecule has 0 spiro atoms. The van der Waals surface area contributed by atoms with Crippen LogP contribution in [0.3, 0.4) is 0 Å². The van der Waals surface area contributed by atoms with Crippen molar-refractivity contribution in [1.82, 2.24) is 0 Å². The molecule has 1 aliphatic rings. The third-order valence-electron chi connectivity index (χ3n) is 7.15. The molecule has 1 heteroatoms. The highest BCUT2D eigenvalue weighted by atomic mass is 32.1. The fraction of sp³-hybridized carbons (Fsp3) is 0.128. The van der Waals surface area contributed by atoms with E-state index in [1.54, 1.807) is 6.08 Å². The Morgan fingerprint density at radius 2 is 1.75 bits per heavy atom. The number of rotatable bonds is 8. The van der Waals surface area contributed by atoms with E-state index in [-0.39, 0.29) is 0 Å². The van der Waals surface area contributed by atoms with E-state index in [1.165, 1.54) is 44.5 Å². The molecule has 40 heavy (non-hydrogen) atoms. The first-order valence-electron chi connectivity index (χ1n) is 13.9. The van der Waals surface area contributed by atoms with Gasteiger partial charge in [0.05, 0.1) is 0 Å². The highest BCUT2D eigenvalue weighted by molar-refractivity contribution is 7.83.